The first-order valence-electron chi connectivity index (χ1n) is 11.6. The van der Waals surface area contributed by atoms with E-state index in [1.54, 1.807) is 0 Å². The van der Waals surface area contributed by atoms with Crippen molar-refractivity contribution in [2.45, 2.75) is 33.1 Å². The SMILES string of the molecule is CCCN(CCC)CCOc1ccccc1NC(=O)c1ccc(Cc2ccccc2)cc1. The molecule has 0 radical (unpaired) electrons. The number of para-hydroxylation sites is 2. The summed E-state index contributed by atoms with van der Waals surface area (Å²) in [6, 6.07) is 25.7. The quantitative estimate of drug-likeness (QED) is 0.381. The van der Waals surface area contributed by atoms with Crippen LogP contribution in [0.2, 0.25) is 0 Å². The molecule has 0 saturated carbocycles. The van der Waals surface area contributed by atoms with Gasteiger partial charge in [-0.2, -0.15) is 0 Å². The number of rotatable bonds is 12. The number of hydrogen-bond acceptors (Lipinski definition) is 3. The van der Waals surface area contributed by atoms with E-state index in [9.17, 15) is 4.79 Å². The van der Waals surface area contributed by atoms with Crippen LogP contribution < -0.4 is 10.1 Å². The predicted molar refractivity (Wildman–Crippen MR) is 133 cm³/mol. The van der Waals surface area contributed by atoms with E-state index in [1.807, 2.05) is 66.7 Å². The first kappa shape index (κ1) is 23.6. The van der Waals surface area contributed by atoms with E-state index in [1.165, 1.54) is 11.1 Å². The maximum atomic E-state index is 12.8. The Hall–Kier alpha value is -3.11. The van der Waals surface area contributed by atoms with Gasteiger partial charge in [0.15, 0.2) is 0 Å². The third-order valence-electron chi connectivity index (χ3n) is 5.35. The van der Waals surface area contributed by atoms with Crippen LogP contribution in [-0.4, -0.2) is 37.0 Å². The van der Waals surface area contributed by atoms with Crippen LogP contribution >= 0.6 is 0 Å². The van der Waals surface area contributed by atoms with Crippen molar-refractivity contribution in [1.29, 1.82) is 0 Å². The molecule has 0 atom stereocenters. The molecule has 0 saturated heterocycles. The third kappa shape index (κ3) is 7.24. The van der Waals surface area contributed by atoms with Crippen LogP contribution in [0.5, 0.6) is 5.75 Å². The molecule has 4 heteroatoms. The highest BCUT2D eigenvalue weighted by Crippen LogP contribution is 2.24. The Bertz CT molecular complexity index is 949. The summed E-state index contributed by atoms with van der Waals surface area (Å²) in [6.07, 6.45) is 3.13. The van der Waals surface area contributed by atoms with E-state index in [2.05, 4.69) is 36.2 Å². The normalized spacial score (nSPS) is 10.8. The van der Waals surface area contributed by atoms with Gasteiger partial charge < -0.3 is 10.1 Å². The highest BCUT2D eigenvalue weighted by atomic mass is 16.5. The molecule has 3 aromatic carbocycles. The van der Waals surface area contributed by atoms with E-state index < -0.39 is 0 Å². The number of nitrogens with one attached hydrogen (secondary N) is 1. The zero-order chi connectivity index (χ0) is 22.6. The summed E-state index contributed by atoms with van der Waals surface area (Å²) >= 11 is 0. The second-order valence-corrected chi connectivity index (χ2v) is 8.00. The van der Waals surface area contributed by atoms with E-state index in [0.29, 0.717) is 23.6 Å². The van der Waals surface area contributed by atoms with Crippen molar-refractivity contribution >= 4 is 11.6 Å². The largest absolute Gasteiger partial charge is 0.490 e. The van der Waals surface area contributed by atoms with Crippen LogP contribution in [-0.2, 0) is 6.42 Å². The topological polar surface area (TPSA) is 41.6 Å². The summed E-state index contributed by atoms with van der Waals surface area (Å²) in [6.45, 7) is 8.03. The first-order valence-corrected chi connectivity index (χ1v) is 11.6. The Labute approximate surface area is 192 Å². The van der Waals surface area contributed by atoms with Crippen molar-refractivity contribution in [3.8, 4) is 5.75 Å². The van der Waals surface area contributed by atoms with Gasteiger partial charge >= 0.3 is 0 Å². The number of hydrogen-bond donors (Lipinski definition) is 1. The van der Waals surface area contributed by atoms with Crippen molar-refractivity contribution in [1.82, 2.24) is 4.90 Å². The monoisotopic (exact) mass is 430 g/mol. The number of carbonyl (C=O) groups excluding carboxylic acids is 1. The lowest BCUT2D eigenvalue weighted by molar-refractivity contribution is 0.102. The summed E-state index contributed by atoms with van der Waals surface area (Å²) in [7, 11) is 0. The Morgan fingerprint density at radius 3 is 2.09 bits per heavy atom. The van der Waals surface area contributed by atoms with Gasteiger partial charge in [-0.15, -0.1) is 0 Å². The molecule has 0 spiro atoms. The zero-order valence-corrected chi connectivity index (χ0v) is 19.2. The summed E-state index contributed by atoms with van der Waals surface area (Å²) in [5, 5.41) is 3.01. The van der Waals surface area contributed by atoms with Crippen LogP contribution in [0.4, 0.5) is 5.69 Å². The molecule has 4 nitrogen and oxygen atoms in total. The second-order valence-electron chi connectivity index (χ2n) is 8.00. The van der Waals surface area contributed by atoms with Gasteiger partial charge in [0.1, 0.15) is 12.4 Å². The number of ether oxygens (including phenoxy) is 1. The van der Waals surface area contributed by atoms with E-state index in [-0.39, 0.29) is 5.91 Å². The molecule has 1 N–H and O–H groups in total. The van der Waals surface area contributed by atoms with Gasteiger partial charge in [-0.3, -0.25) is 9.69 Å². The van der Waals surface area contributed by atoms with E-state index >= 15 is 0 Å². The number of anilines is 1. The minimum atomic E-state index is -0.133. The number of nitrogens with zero attached hydrogens (tertiary/aromatic N) is 1. The van der Waals surface area contributed by atoms with Gasteiger partial charge in [-0.1, -0.05) is 68.4 Å². The summed E-state index contributed by atoms with van der Waals surface area (Å²) in [5.74, 6) is 0.570. The standard InChI is InChI=1S/C28H34N2O2/c1-3-18-30(19-4-2)20-21-32-27-13-9-8-12-26(27)29-28(31)25-16-14-24(15-17-25)22-23-10-6-5-7-11-23/h5-17H,3-4,18-22H2,1-2H3,(H,29,31). The lowest BCUT2D eigenvalue weighted by atomic mass is 10.0. The van der Waals surface area contributed by atoms with Gasteiger partial charge in [-0.25, -0.2) is 0 Å². The highest BCUT2D eigenvalue weighted by molar-refractivity contribution is 6.05. The molecule has 0 aliphatic rings. The Kier molecular flexibility index (Phi) is 9.33. The summed E-state index contributed by atoms with van der Waals surface area (Å²) in [5.41, 5.74) is 3.77. The van der Waals surface area contributed by atoms with Gasteiger partial charge in [0.05, 0.1) is 5.69 Å². The summed E-state index contributed by atoms with van der Waals surface area (Å²) in [4.78, 5) is 15.2. The third-order valence-corrected chi connectivity index (χ3v) is 5.35. The van der Waals surface area contributed by atoms with Crippen molar-refractivity contribution in [2.24, 2.45) is 0 Å². The molecule has 0 fully saturated rings. The highest BCUT2D eigenvalue weighted by Gasteiger charge is 2.11. The van der Waals surface area contributed by atoms with Crippen LogP contribution in [0.1, 0.15) is 48.2 Å². The van der Waals surface area contributed by atoms with E-state index in [4.69, 9.17) is 4.74 Å². The smallest absolute Gasteiger partial charge is 0.255 e. The first-order chi connectivity index (χ1) is 15.7. The number of carbonyl (C=O) groups is 1. The van der Waals surface area contributed by atoms with Gasteiger partial charge in [0.25, 0.3) is 5.91 Å². The fourth-order valence-electron chi connectivity index (χ4n) is 3.75. The Morgan fingerprint density at radius 2 is 1.41 bits per heavy atom. The number of amides is 1. The molecule has 0 aromatic heterocycles. The molecule has 0 unspecified atom stereocenters. The van der Waals surface area contributed by atoms with E-state index in [0.717, 1.165) is 38.9 Å². The molecular weight excluding hydrogens is 396 g/mol. The molecule has 0 aliphatic heterocycles. The lowest BCUT2D eigenvalue weighted by Gasteiger charge is -2.21. The minimum absolute atomic E-state index is 0.133. The van der Waals surface area contributed by atoms with Crippen LogP contribution in [0.15, 0.2) is 78.9 Å². The molecule has 1 amide bonds. The molecule has 0 bridgehead atoms. The van der Waals surface area contributed by atoms with Crippen LogP contribution in [0, 0.1) is 0 Å². The van der Waals surface area contributed by atoms with Crippen molar-refractivity contribution in [2.75, 3.05) is 31.6 Å². The van der Waals surface area contributed by atoms with Crippen LogP contribution in [0.3, 0.4) is 0 Å². The average Bonchev–Trinajstić information content (AvgIpc) is 2.81. The number of benzene rings is 3. The van der Waals surface area contributed by atoms with Crippen molar-refractivity contribution < 1.29 is 9.53 Å². The average molecular weight is 431 g/mol. The lowest BCUT2D eigenvalue weighted by Crippen LogP contribution is -2.30. The maximum Gasteiger partial charge on any atom is 0.255 e. The molecule has 168 valence electrons. The molecule has 3 rings (SSSR count). The van der Waals surface area contributed by atoms with Gasteiger partial charge in [0, 0.05) is 12.1 Å². The summed E-state index contributed by atoms with van der Waals surface area (Å²) < 4.78 is 6.03. The fraction of sp³-hybridized carbons (Fsp3) is 0.321. The molecule has 32 heavy (non-hydrogen) atoms. The van der Waals surface area contributed by atoms with Crippen molar-refractivity contribution in [3.05, 3.63) is 95.6 Å². The fourth-order valence-corrected chi connectivity index (χ4v) is 3.75. The molecule has 3 aromatic rings. The van der Waals surface area contributed by atoms with Crippen molar-refractivity contribution in [3.63, 3.8) is 0 Å². The Balaban J connectivity index is 1.58. The molecule has 0 aliphatic carbocycles. The Morgan fingerprint density at radius 1 is 0.781 bits per heavy atom. The second kappa shape index (κ2) is 12.7. The molecular formula is C28H34N2O2. The predicted octanol–water partition coefficient (Wildman–Crippen LogP) is 6.03. The maximum absolute atomic E-state index is 12.8. The molecule has 0 heterocycles. The zero-order valence-electron chi connectivity index (χ0n) is 19.2. The van der Waals surface area contributed by atoms with Crippen LogP contribution in [0.25, 0.3) is 0 Å². The van der Waals surface area contributed by atoms with Gasteiger partial charge in [0.2, 0.25) is 0 Å². The minimum Gasteiger partial charge on any atom is -0.490 e. The van der Waals surface area contributed by atoms with Gasteiger partial charge in [-0.05, 0) is 67.7 Å².